The summed E-state index contributed by atoms with van der Waals surface area (Å²) in [5, 5.41) is 15.4. The van der Waals surface area contributed by atoms with Gasteiger partial charge in [-0.05, 0) is 42.7 Å². The maximum Gasteiger partial charge on any atom is 0.254 e. The minimum atomic E-state index is -0.510. The van der Waals surface area contributed by atoms with Crippen LogP contribution in [0.2, 0.25) is 0 Å². The highest BCUT2D eigenvalue weighted by molar-refractivity contribution is 6.04. The van der Waals surface area contributed by atoms with Crippen LogP contribution in [-0.2, 0) is 11.2 Å². The number of hydrogen-bond acceptors (Lipinski definition) is 5. The van der Waals surface area contributed by atoms with Crippen molar-refractivity contribution in [1.29, 1.82) is 0 Å². The molecule has 0 spiro atoms. The van der Waals surface area contributed by atoms with E-state index in [1.165, 1.54) is 5.56 Å². The van der Waals surface area contributed by atoms with Crippen molar-refractivity contribution in [2.75, 3.05) is 51.8 Å². The Bertz CT molecular complexity index is 1200. The highest BCUT2D eigenvalue weighted by atomic mass is 16.5. The van der Waals surface area contributed by atoms with Crippen LogP contribution in [0.4, 0.5) is 5.69 Å². The van der Waals surface area contributed by atoms with Crippen LogP contribution in [0.3, 0.4) is 0 Å². The van der Waals surface area contributed by atoms with Gasteiger partial charge in [0, 0.05) is 62.9 Å². The largest absolute Gasteiger partial charge is 0.390 e. The van der Waals surface area contributed by atoms with E-state index in [4.69, 9.17) is 4.74 Å². The van der Waals surface area contributed by atoms with Gasteiger partial charge in [-0.3, -0.25) is 9.69 Å². The van der Waals surface area contributed by atoms with Crippen molar-refractivity contribution in [1.82, 2.24) is 14.8 Å². The number of anilines is 1. The van der Waals surface area contributed by atoms with Crippen LogP contribution in [0.5, 0.6) is 0 Å². The maximum absolute atomic E-state index is 13.5. The Kier molecular flexibility index (Phi) is 6.34. The molecule has 1 fully saturated rings. The average molecular weight is 463 g/mol. The predicted molar refractivity (Wildman–Crippen MR) is 135 cm³/mol. The van der Waals surface area contributed by atoms with E-state index in [2.05, 4.69) is 41.2 Å². The molecule has 1 aliphatic heterocycles. The summed E-state index contributed by atoms with van der Waals surface area (Å²) in [6, 6.07) is 11.9. The lowest BCUT2D eigenvalue weighted by molar-refractivity contribution is 0.0594. The molecule has 1 aromatic heterocycles. The Hall–Kier alpha value is -2.87. The molecule has 2 aromatic carbocycles. The molecule has 2 unspecified atom stereocenters. The fourth-order valence-corrected chi connectivity index (χ4v) is 5.29. The average Bonchev–Trinajstić information content (AvgIpc) is 3.33. The molecule has 3 aromatic rings. The molecule has 0 bridgehead atoms. The molecule has 3 N–H and O–H groups in total. The highest BCUT2D eigenvalue weighted by Gasteiger charge is 2.32. The van der Waals surface area contributed by atoms with Gasteiger partial charge >= 0.3 is 0 Å². The summed E-state index contributed by atoms with van der Waals surface area (Å²) in [6.07, 6.45) is 0.121. The fourth-order valence-electron chi connectivity index (χ4n) is 5.29. The van der Waals surface area contributed by atoms with Gasteiger partial charge in [0.1, 0.15) is 0 Å². The van der Waals surface area contributed by atoms with Gasteiger partial charge < -0.3 is 25.0 Å². The van der Waals surface area contributed by atoms with E-state index in [9.17, 15) is 9.90 Å². The van der Waals surface area contributed by atoms with Crippen LogP contribution in [0.25, 0.3) is 10.9 Å². The van der Waals surface area contributed by atoms with Gasteiger partial charge in [0.15, 0.2) is 0 Å². The first-order valence-corrected chi connectivity index (χ1v) is 12.1. The van der Waals surface area contributed by atoms with Crippen molar-refractivity contribution in [2.24, 2.45) is 0 Å². The minimum absolute atomic E-state index is 0.0574. The van der Waals surface area contributed by atoms with E-state index < -0.39 is 6.10 Å². The molecular weight excluding hydrogens is 428 g/mol. The van der Waals surface area contributed by atoms with E-state index in [1.54, 1.807) is 7.11 Å². The molecule has 1 amide bonds. The number of H-pyrrole nitrogens is 1. The Morgan fingerprint density at radius 3 is 2.71 bits per heavy atom. The molecule has 1 saturated heterocycles. The van der Waals surface area contributed by atoms with Gasteiger partial charge in [-0.1, -0.05) is 24.3 Å². The third-order valence-electron chi connectivity index (χ3n) is 7.45. The van der Waals surface area contributed by atoms with Crippen molar-refractivity contribution in [3.8, 4) is 0 Å². The molecule has 7 nitrogen and oxygen atoms in total. The van der Waals surface area contributed by atoms with Gasteiger partial charge in [-0.25, -0.2) is 0 Å². The number of piperazine rings is 1. The number of aliphatic hydroxyl groups is 1. The first-order valence-electron chi connectivity index (χ1n) is 12.1. The molecule has 5 rings (SSSR count). The van der Waals surface area contributed by atoms with E-state index in [0.717, 1.165) is 53.0 Å². The predicted octanol–water partition coefficient (Wildman–Crippen LogP) is 3.26. The lowest BCUT2D eigenvalue weighted by Gasteiger charge is -2.34. The first-order chi connectivity index (χ1) is 16.5. The molecule has 0 saturated carbocycles. The van der Waals surface area contributed by atoms with Crippen LogP contribution in [0.1, 0.15) is 38.8 Å². The number of fused-ring (bicyclic) bond motifs is 2. The zero-order chi connectivity index (χ0) is 23.8. The number of aromatic amines is 1. The topological polar surface area (TPSA) is 80.8 Å². The quantitative estimate of drug-likeness (QED) is 0.524. The number of rotatable bonds is 6. The van der Waals surface area contributed by atoms with Crippen molar-refractivity contribution in [3.05, 3.63) is 64.3 Å². The van der Waals surface area contributed by atoms with Crippen molar-refractivity contribution < 1.29 is 14.6 Å². The van der Waals surface area contributed by atoms with E-state index >= 15 is 0 Å². The summed E-state index contributed by atoms with van der Waals surface area (Å²) >= 11 is 0. The second-order valence-corrected chi connectivity index (χ2v) is 9.54. The normalized spacial score (nSPS) is 20.6. The lowest BCUT2D eigenvalue weighted by atomic mass is 10.0. The number of hydrogen-bond donors (Lipinski definition) is 3. The second kappa shape index (κ2) is 9.41. The maximum atomic E-state index is 13.5. The summed E-state index contributed by atoms with van der Waals surface area (Å²) < 4.78 is 5.19. The van der Waals surface area contributed by atoms with Crippen LogP contribution >= 0.6 is 0 Å². The molecule has 34 heavy (non-hydrogen) atoms. The second-order valence-electron chi connectivity index (χ2n) is 9.54. The number of methoxy groups -OCH3 is 1. The Labute approximate surface area is 200 Å². The number of carbonyl (C=O) groups excluding carboxylic acids is 1. The monoisotopic (exact) mass is 462 g/mol. The summed E-state index contributed by atoms with van der Waals surface area (Å²) in [5.41, 5.74) is 7.03. The number of aliphatic hydroxyl groups excluding tert-OH is 1. The number of nitrogens with zero attached hydrogens (tertiary/aromatic N) is 2. The van der Waals surface area contributed by atoms with Crippen molar-refractivity contribution >= 4 is 22.5 Å². The van der Waals surface area contributed by atoms with Crippen molar-refractivity contribution in [2.45, 2.75) is 32.4 Å². The molecule has 2 heterocycles. The number of aromatic nitrogens is 1. The number of nitrogens with one attached hydrogen (secondary N) is 2. The van der Waals surface area contributed by atoms with Gasteiger partial charge in [-0.2, -0.15) is 0 Å². The van der Waals surface area contributed by atoms with E-state index in [1.807, 2.05) is 29.2 Å². The highest BCUT2D eigenvalue weighted by Crippen LogP contribution is 2.37. The summed E-state index contributed by atoms with van der Waals surface area (Å²) in [5.74, 6) is 0.0574. The number of ether oxygens (including phenoxy) is 1. The molecular formula is C27H34N4O3. The van der Waals surface area contributed by atoms with Crippen LogP contribution in [0.15, 0.2) is 36.4 Å². The molecule has 180 valence electrons. The van der Waals surface area contributed by atoms with Crippen LogP contribution in [0, 0.1) is 13.8 Å². The molecule has 7 heteroatoms. The summed E-state index contributed by atoms with van der Waals surface area (Å²) in [6.45, 7) is 8.88. The minimum Gasteiger partial charge on any atom is -0.390 e. The summed E-state index contributed by atoms with van der Waals surface area (Å²) in [4.78, 5) is 21.3. The standard InChI is InChI=1S/C27H34N4O3/c1-17-18(2)28-25-22(17)14-20(27(33)31-10-8-30(9-11-31)12-13-34-3)15-23(25)29-26-21-7-5-4-6-19(21)16-24(26)32/h4-7,14-15,24,26,28-29,32H,8-13,16H2,1-3H3. The molecule has 2 atom stereocenters. The van der Waals surface area contributed by atoms with Gasteiger partial charge in [-0.15, -0.1) is 0 Å². The lowest BCUT2D eigenvalue weighted by Crippen LogP contribution is -2.49. The number of carbonyl (C=O) groups is 1. The fraction of sp³-hybridized carbons (Fsp3) is 0.444. The Morgan fingerprint density at radius 1 is 1.18 bits per heavy atom. The number of amides is 1. The van der Waals surface area contributed by atoms with Gasteiger partial charge in [0.2, 0.25) is 0 Å². The zero-order valence-corrected chi connectivity index (χ0v) is 20.2. The van der Waals surface area contributed by atoms with Gasteiger partial charge in [0.25, 0.3) is 5.91 Å². The van der Waals surface area contributed by atoms with Gasteiger partial charge in [0.05, 0.1) is 30.0 Å². The first kappa shape index (κ1) is 22.9. The van der Waals surface area contributed by atoms with E-state index in [-0.39, 0.29) is 11.9 Å². The Morgan fingerprint density at radius 2 is 1.94 bits per heavy atom. The SMILES string of the molecule is COCCN1CCN(C(=O)c2cc(NC3c4ccccc4CC3O)c3[nH]c(C)c(C)c3c2)CC1. The molecule has 2 aliphatic rings. The number of aryl methyl sites for hydroxylation is 2. The number of benzene rings is 2. The third kappa shape index (κ3) is 4.19. The summed E-state index contributed by atoms with van der Waals surface area (Å²) in [7, 11) is 1.72. The molecule has 1 aliphatic carbocycles. The smallest absolute Gasteiger partial charge is 0.254 e. The van der Waals surface area contributed by atoms with Crippen LogP contribution in [-0.4, -0.2) is 78.3 Å². The van der Waals surface area contributed by atoms with Crippen molar-refractivity contribution in [3.63, 3.8) is 0 Å². The molecule has 0 radical (unpaired) electrons. The Balaban J connectivity index is 1.44. The van der Waals surface area contributed by atoms with E-state index in [0.29, 0.717) is 31.7 Å². The third-order valence-corrected chi connectivity index (χ3v) is 7.45. The van der Waals surface area contributed by atoms with Crippen LogP contribution < -0.4 is 5.32 Å². The zero-order valence-electron chi connectivity index (χ0n) is 20.2.